The van der Waals surface area contributed by atoms with Crippen LogP contribution in [0.5, 0.6) is 11.5 Å². The number of benzene rings is 2. The zero-order chi connectivity index (χ0) is 23.5. The first-order chi connectivity index (χ1) is 14.9. The normalized spacial score (nSPS) is 20.3. The Kier molecular flexibility index (Phi) is 7.12. The first kappa shape index (κ1) is 24.0. The summed E-state index contributed by atoms with van der Waals surface area (Å²) in [4.78, 5) is 9.70. The van der Waals surface area contributed by atoms with Crippen LogP contribution in [0, 0.1) is 0 Å². The summed E-state index contributed by atoms with van der Waals surface area (Å²) in [6.45, 7) is 13.0. The molecule has 2 atom stereocenters. The molecule has 2 N–H and O–H groups in total. The monoisotopic (exact) mass is 434 g/mol. The summed E-state index contributed by atoms with van der Waals surface area (Å²) in [6.07, 6.45) is 7.83. The smallest absolute Gasteiger partial charge is 0.124 e. The van der Waals surface area contributed by atoms with Gasteiger partial charge >= 0.3 is 0 Å². The van der Waals surface area contributed by atoms with Gasteiger partial charge in [0.05, 0.1) is 12.1 Å². The molecular weight excluding hydrogens is 396 g/mol. The highest BCUT2D eigenvalue weighted by molar-refractivity contribution is 5.85. The van der Waals surface area contributed by atoms with Crippen LogP contribution in [0.4, 0.5) is 0 Å². The lowest BCUT2D eigenvalue weighted by molar-refractivity contribution is 0.390. The third kappa shape index (κ3) is 5.99. The van der Waals surface area contributed by atoms with Gasteiger partial charge in [0, 0.05) is 23.6 Å². The predicted octanol–water partition coefficient (Wildman–Crippen LogP) is 6.54. The van der Waals surface area contributed by atoms with Crippen LogP contribution < -0.4 is 0 Å². The van der Waals surface area contributed by atoms with Gasteiger partial charge in [-0.3, -0.25) is 9.98 Å². The maximum absolute atomic E-state index is 10.3. The second-order valence-electron chi connectivity index (χ2n) is 11.0. The van der Waals surface area contributed by atoms with Crippen molar-refractivity contribution in [2.24, 2.45) is 9.98 Å². The molecule has 1 aliphatic carbocycles. The van der Waals surface area contributed by atoms with Crippen molar-refractivity contribution in [3.8, 4) is 11.5 Å². The molecule has 2 aromatic rings. The Balaban J connectivity index is 1.82. The van der Waals surface area contributed by atoms with E-state index < -0.39 is 0 Å². The van der Waals surface area contributed by atoms with Gasteiger partial charge in [0.15, 0.2) is 0 Å². The standard InChI is InChI=1S/C28H38N2O2/c1-27(2,3)21-11-13-25(31)19(15-21)17-29-23-9-7-8-10-24(23)30-18-20-16-22(28(4,5)6)12-14-26(20)32/h11-18,23-24,31-32H,7-10H2,1-6H3. The second-order valence-corrected chi connectivity index (χ2v) is 11.0. The maximum Gasteiger partial charge on any atom is 0.124 e. The quantitative estimate of drug-likeness (QED) is 0.536. The summed E-state index contributed by atoms with van der Waals surface area (Å²) < 4.78 is 0. The molecule has 0 aliphatic heterocycles. The van der Waals surface area contributed by atoms with Crippen molar-refractivity contribution in [2.45, 2.75) is 90.1 Å². The Morgan fingerprint density at radius 1 is 0.688 bits per heavy atom. The molecule has 4 nitrogen and oxygen atoms in total. The van der Waals surface area contributed by atoms with Gasteiger partial charge in [0.1, 0.15) is 11.5 Å². The molecule has 172 valence electrons. The van der Waals surface area contributed by atoms with E-state index in [0.29, 0.717) is 0 Å². The third-order valence-corrected chi connectivity index (χ3v) is 6.29. The highest BCUT2D eigenvalue weighted by Gasteiger charge is 2.24. The van der Waals surface area contributed by atoms with Gasteiger partial charge in [-0.05, 0) is 59.1 Å². The molecule has 1 saturated carbocycles. The summed E-state index contributed by atoms with van der Waals surface area (Å²) in [7, 11) is 0. The van der Waals surface area contributed by atoms with Crippen LogP contribution in [-0.4, -0.2) is 34.7 Å². The van der Waals surface area contributed by atoms with Gasteiger partial charge in [-0.2, -0.15) is 0 Å². The summed E-state index contributed by atoms with van der Waals surface area (Å²) in [6, 6.07) is 11.6. The van der Waals surface area contributed by atoms with Crippen molar-refractivity contribution in [1.29, 1.82) is 0 Å². The summed E-state index contributed by atoms with van der Waals surface area (Å²) in [5.74, 6) is 0.503. The van der Waals surface area contributed by atoms with Crippen LogP contribution in [0.2, 0.25) is 0 Å². The molecule has 2 unspecified atom stereocenters. The van der Waals surface area contributed by atoms with E-state index in [9.17, 15) is 10.2 Å². The average molecular weight is 435 g/mol. The number of hydrogen-bond acceptors (Lipinski definition) is 4. The molecule has 0 heterocycles. The number of phenols is 2. The van der Waals surface area contributed by atoms with E-state index in [-0.39, 0.29) is 34.4 Å². The second kappa shape index (κ2) is 9.48. The highest BCUT2D eigenvalue weighted by atomic mass is 16.3. The van der Waals surface area contributed by atoms with E-state index in [1.807, 2.05) is 24.3 Å². The fourth-order valence-electron chi connectivity index (χ4n) is 4.04. The molecular formula is C28H38N2O2. The third-order valence-electron chi connectivity index (χ3n) is 6.29. The zero-order valence-electron chi connectivity index (χ0n) is 20.4. The summed E-state index contributed by atoms with van der Waals surface area (Å²) in [5.41, 5.74) is 3.87. The maximum atomic E-state index is 10.3. The molecule has 4 heteroatoms. The number of phenolic OH excluding ortho intramolecular Hbond substituents is 2. The van der Waals surface area contributed by atoms with Gasteiger partial charge < -0.3 is 10.2 Å². The molecule has 0 aromatic heterocycles. The average Bonchev–Trinajstić information content (AvgIpc) is 2.71. The molecule has 0 amide bonds. The van der Waals surface area contributed by atoms with Crippen LogP contribution in [0.15, 0.2) is 46.4 Å². The molecule has 1 fully saturated rings. The van der Waals surface area contributed by atoms with E-state index in [2.05, 4.69) is 41.5 Å². The minimum atomic E-state index is 0.0115. The molecule has 0 radical (unpaired) electrons. The van der Waals surface area contributed by atoms with Crippen molar-refractivity contribution < 1.29 is 10.2 Å². The van der Waals surface area contributed by atoms with E-state index in [1.54, 1.807) is 24.6 Å². The van der Waals surface area contributed by atoms with E-state index in [4.69, 9.17) is 9.98 Å². The van der Waals surface area contributed by atoms with Crippen LogP contribution >= 0.6 is 0 Å². The Morgan fingerprint density at radius 2 is 1.06 bits per heavy atom. The lowest BCUT2D eigenvalue weighted by Crippen LogP contribution is -2.27. The number of aliphatic imine (C=N–C) groups is 2. The first-order valence-electron chi connectivity index (χ1n) is 11.7. The topological polar surface area (TPSA) is 65.2 Å². The lowest BCUT2D eigenvalue weighted by atomic mass is 9.86. The molecule has 0 spiro atoms. The Labute approximate surface area is 193 Å². The van der Waals surface area contributed by atoms with Crippen LogP contribution in [0.3, 0.4) is 0 Å². The molecule has 1 aliphatic rings. The minimum absolute atomic E-state index is 0.0115. The number of aromatic hydroxyl groups is 2. The van der Waals surface area contributed by atoms with Crippen LogP contribution in [0.1, 0.15) is 89.5 Å². The van der Waals surface area contributed by atoms with Crippen molar-refractivity contribution in [3.05, 3.63) is 58.7 Å². The lowest BCUT2D eigenvalue weighted by Gasteiger charge is -2.26. The van der Waals surface area contributed by atoms with Gasteiger partial charge in [-0.15, -0.1) is 0 Å². The SMILES string of the molecule is CC(C)(C)c1ccc(O)c(C=NC2CCCCC2N=Cc2cc(C(C)(C)C)ccc2O)c1. The highest BCUT2D eigenvalue weighted by Crippen LogP contribution is 2.29. The molecule has 2 aromatic carbocycles. The van der Waals surface area contributed by atoms with Crippen molar-refractivity contribution in [2.75, 3.05) is 0 Å². The Hall–Kier alpha value is -2.62. The Morgan fingerprint density at radius 3 is 1.41 bits per heavy atom. The minimum Gasteiger partial charge on any atom is -0.507 e. The first-order valence-corrected chi connectivity index (χ1v) is 11.7. The van der Waals surface area contributed by atoms with Gasteiger partial charge in [0.2, 0.25) is 0 Å². The fourth-order valence-corrected chi connectivity index (χ4v) is 4.04. The summed E-state index contributed by atoms with van der Waals surface area (Å²) >= 11 is 0. The van der Waals surface area contributed by atoms with Gasteiger partial charge in [-0.25, -0.2) is 0 Å². The van der Waals surface area contributed by atoms with Crippen molar-refractivity contribution in [1.82, 2.24) is 0 Å². The summed E-state index contributed by atoms with van der Waals surface area (Å²) in [5, 5.41) is 20.6. The molecule has 3 rings (SSSR count). The van der Waals surface area contributed by atoms with E-state index >= 15 is 0 Å². The number of nitrogens with zero attached hydrogens (tertiary/aromatic N) is 2. The Bertz CT molecular complexity index is 912. The van der Waals surface area contributed by atoms with E-state index in [0.717, 1.165) is 36.8 Å². The molecule has 0 bridgehead atoms. The van der Waals surface area contributed by atoms with Gasteiger partial charge in [0.25, 0.3) is 0 Å². The van der Waals surface area contributed by atoms with Crippen molar-refractivity contribution in [3.63, 3.8) is 0 Å². The van der Waals surface area contributed by atoms with Crippen molar-refractivity contribution >= 4 is 12.4 Å². The van der Waals surface area contributed by atoms with Crippen LogP contribution in [-0.2, 0) is 10.8 Å². The predicted molar refractivity (Wildman–Crippen MR) is 135 cm³/mol. The fraction of sp³-hybridized carbons (Fsp3) is 0.500. The zero-order valence-corrected chi connectivity index (χ0v) is 20.4. The largest absolute Gasteiger partial charge is 0.507 e. The van der Waals surface area contributed by atoms with Gasteiger partial charge in [-0.1, -0.05) is 66.5 Å². The number of hydrogen-bond donors (Lipinski definition) is 2. The molecule has 0 saturated heterocycles. The molecule has 32 heavy (non-hydrogen) atoms. The van der Waals surface area contributed by atoms with Crippen LogP contribution in [0.25, 0.3) is 0 Å². The number of rotatable bonds is 4. The van der Waals surface area contributed by atoms with E-state index in [1.165, 1.54) is 11.1 Å².